The number of imidazole rings is 1. The summed E-state index contributed by atoms with van der Waals surface area (Å²) in [6, 6.07) is 1.82. The second-order valence-corrected chi connectivity index (χ2v) is 10.1. The highest BCUT2D eigenvalue weighted by atomic mass is 32.2. The van der Waals surface area contributed by atoms with Crippen LogP contribution in [0.1, 0.15) is 61.5 Å². The number of sulfone groups is 1. The first-order valence-electron chi connectivity index (χ1n) is 9.46. The van der Waals surface area contributed by atoms with Gasteiger partial charge in [-0.2, -0.15) is 0 Å². The van der Waals surface area contributed by atoms with Crippen molar-refractivity contribution in [2.75, 3.05) is 0 Å². The molecule has 2 heterocycles. The topological polar surface area (TPSA) is 78.0 Å². The fourth-order valence-corrected chi connectivity index (χ4v) is 6.65. The van der Waals surface area contributed by atoms with E-state index in [0.717, 1.165) is 23.2 Å². The molecular formula is C19H27N3O3S. The number of rotatable bonds is 5. The number of aromatic nitrogens is 3. The maximum atomic E-state index is 13.1. The third kappa shape index (κ3) is 2.90. The van der Waals surface area contributed by atoms with Gasteiger partial charge in [-0.1, -0.05) is 11.6 Å². The van der Waals surface area contributed by atoms with Crippen LogP contribution in [0.5, 0.6) is 0 Å². The first-order valence-corrected chi connectivity index (χ1v) is 11.1. The number of hydrogen-bond acceptors (Lipinski definition) is 5. The predicted molar refractivity (Wildman–Crippen MR) is 97.5 cm³/mol. The highest BCUT2D eigenvalue weighted by molar-refractivity contribution is 7.90. The number of hydrogen-bond donors (Lipinski definition) is 0. The molecule has 0 amide bonds. The van der Waals surface area contributed by atoms with E-state index >= 15 is 0 Å². The summed E-state index contributed by atoms with van der Waals surface area (Å²) in [5, 5.41) is 4.03. The van der Waals surface area contributed by atoms with Crippen molar-refractivity contribution < 1.29 is 12.9 Å². The van der Waals surface area contributed by atoms with Gasteiger partial charge in [0.1, 0.15) is 11.5 Å². The highest BCUT2D eigenvalue weighted by Crippen LogP contribution is 2.52. The average molecular weight is 378 g/mol. The standard InChI is InChI=1S/C19H27N3O3S/c1-11-7-17(21-25-11)10-26(23,24)19-20-12(2)13(3)22(19)14(4)18-9-15-5-6-16(18)8-15/h7,14-16,18H,5-6,8-10H2,1-4H3. The van der Waals surface area contributed by atoms with Crippen LogP contribution >= 0.6 is 0 Å². The molecule has 7 heteroatoms. The summed E-state index contributed by atoms with van der Waals surface area (Å²) >= 11 is 0. The van der Waals surface area contributed by atoms with E-state index < -0.39 is 9.84 Å². The lowest BCUT2D eigenvalue weighted by Gasteiger charge is -2.30. The number of nitrogens with zero attached hydrogens (tertiary/aromatic N) is 3. The van der Waals surface area contributed by atoms with Gasteiger partial charge in [0.2, 0.25) is 15.0 Å². The molecule has 2 bridgehead atoms. The van der Waals surface area contributed by atoms with E-state index in [0.29, 0.717) is 17.4 Å². The van der Waals surface area contributed by atoms with Gasteiger partial charge in [0, 0.05) is 17.8 Å². The summed E-state index contributed by atoms with van der Waals surface area (Å²) < 4.78 is 33.2. The molecule has 4 rings (SSSR count). The Labute approximate surface area is 154 Å². The van der Waals surface area contributed by atoms with E-state index in [4.69, 9.17) is 4.52 Å². The molecule has 0 N–H and O–H groups in total. The van der Waals surface area contributed by atoms with Crippen LogP contribution in [0.2, 0.25) is 0 Å². The Morgan fingerprint density at radius 2 is 2.04 bits per heavy atom. The van der Waals surface area contributed by atoms with Crippen LogP contribution in [0.4, 0.5) is 0 Å². The highest BCUT2D eigenvalue weighted by Gasteiger charge is 2.43. The van der Waals surface area contributed by atoms with E-state index in [1.807, 2.05) is 18.4 Å². The molecule has 2 saturated carbocycles. The summed E-state index contributed by atoms with van der Waals surface area (Å²) in [7, 11) is -3.59. The zero-order valence-corrected chi connectivity index (χ0v) is 16.7. The van der Waals surface area contributed by atoms with E-state index in [-0.39, 0.29) is 17.0 Å². The van der Waals surface area contributed by atoms with Crippen LogP contribution in [0.15, 0.2) is 15.7 Å². The smallest absolute Gasteiger partial charge is 0.228 e. The minimum atomic E-state index is -3.59. The molecular weight excluding hydrogens is 350 g/mol. The molecule has 142 valence electrons. The van der Waals surface area contributed by atoms with Crippen LogP contribution in [0.25, 0.3) is 0 Å². The van der Waals surface area contributed by atoms with Crippen molar-refractivity contribution in [1.82, 2.24) is 14.7 Å². The quantitative estimate of drug-likeness (QED) is 0.792. The van der Waals surface area contributed by atoms with Gasteiger partial charge in [0.05, 0.1) is 11.4 Å². The van der Waals surface area contributed by atoms with Crippen molar-refractivity contribution in [1.29, 1.82) is 0 Å². The molecule has 2 fully saturated rings. The van der Waals surface area contributed by atoms with Gasteiger partial charge in [-0.15, -0.1) is 0 Å². The van der Waals surface area contributed by atoms with Crippen LogP contribution in [0, 0.1) is 38.5 Å². The Balaban J connectivity index is 1.69. The molecule has 0 aromatic carbocycles. The second kappa shape index (κ2) is 6.22. The predicted octanol–water partition coefficient (Wildman–Crippen LogP) is 3.77. The van der Waals surface area contributed by atoms with E-state index in [1.54, 1.807) is 13.0 Å². The summed E-state index contributed by atoms with van der Waals surface area (Å²) in [5.74, 6) is 2.54. The lowest BCUT2D eigenvalue weighted by Crippen LogP contribution is -2.25. The van der Waals surface area contributed by atoms with Gasteiger partial charge in [0.15, 0.2) is 0 Å². The first kappa shape index (κ1) is 17.8. The van der Waals surface area contributed by atoms with E-state index in [9.17, 15) is 8.42 Å². The molecule has 0 radical (unpaired) electrons. The third-order valence-corrected chi connectivity index (χ3v) is 7.99. The Morgan fingerprint density at radius 3 is 2.62 bits per heavy atom. The summed E-state index contributed by atoms with van der Waals surface area (Å²) in [4.78, 5) is 4.46. The van der Waals surface area contributed by atoms with E-state index in [1.165, 1.54) is 25.7 Å². The fourth-order valence-electron chi connectivity index (χ4n) is 5.12. The minimum Gasteiger partial charge on any atom is -0.361 e. The average Bonchev–Trinajstić information content (AvgIpc) is 3.33. The normalized spacial score (nSPS) is 26.5. The third-order valence-electron chi connectivity index (χ3n) is 6.47. The number of fused-ring (bicyclic) bond motifs is 2. The minimum absolute atomic E-state index is 0.148. The van der Waals surface area contributed by atoms with Gasteiger partial charge in [0.25, 0.3) is 0 Å². The van der Waals surface area contributed by atoms with Gasteiger partial charge >= 0.3 is 0 Å². The lowest BCUT2D eigenvalue weighted by atomic mass is 9.84. The van der Waals surface area contributed by atoms with Crippen LogP contribution in [-0.2, 0) is 15.6 Å². The molecule has 2 aliphatic rings. The summed E-state index contributed by atoms with van der Waals surface area (Å²) in [5.41, 5.74) is 2.17. The molecule has 0 aliphatic heterocycles. The molecule has 6 nitrogen and oxygen atoms in total. The Hall–Kier alpha value is -1.63. The maximum absolute atomic E-state index is 13.1. The van der Waals surface area contributed by atoms with Crippen molar-refractivity contribution >= 4 is 9.84 Å². The molecule has 26 heavy (non-hydrogen) atoms. The largest absolute Gasteiger partial charge is 0.361 e. The van der Waals surface area contributed by atoms with E-state index in [2.05, 4.69) is 17.1 Å². The van der Waals surface area contributed by atoms with Gasteiger partial charge < -0.3 is 9.09 Å². The molecule has 2 aromatic rings. The molecule has 2 aromatic heterocycles. The second-order valence-electron chi connectivity index (χ2n) is 8.20. The number of aryl methyl sites for hydroxylation is 2. The van der Waals surface area contributed by atoms with Crippen LogP contribution in [0.3, 0.4) is 0 Å². The van der Waals surface area contributed by atoms with Crippen molar-refractivity contribution in [3.63, 3.8) is 0 Å². The molecule has 0 saturated heterocycles. The molecule has 4 unspecified atom stereocenters. The van der Waals surface area contributed by atoms with Gasteiger partial charge in [-0.25, -0.2) is 13.4 Å². The maximum Gasteiger partial charge on any atom is 0.228 e. The molecule has 2 aliphatic carbocycles. The summed E-state index contributed by atoms with van der Waals surface area (Å²) in [6.45, 7) is 7.79. The van der Waals surface area contributed by atoms with Crippen molar-refractivity contribution in [3.8, 4) is 0 Å². The zero-order chi connectivity index (χ0) is 18.6. The Bertz CT molecular complexity index is 928. The van der Waals surface area contributed by atoms with Crippen molar-refractivity contribution in [2.45, 2.75) is 70.3 Å². The van der Waals surface area contributed by atoms with Crippen LogP contribution in [-0.4, -0.2) is 23.1 Å². The van der Waals surface area contributed by atoms with Crippen molar-refractivity contribution in [3.05, 3.63) is 28.9 Å². The van der Waals surface area contributed by atoms with Gasteiger partial charge in [-0.3, -0.25) is 0 Å². The summed E-state index contributed by atoms with van der Waals surface area (Å²) in [6.07, 6.45) is 5.14. The fraction of sp³-hybridized carbons (Fsp3) is 0.684. The lowest BCUT2D eigenvalue weighted by molar-refractivity contribution is 0.231. The van der Waals surface area contributed by atoms with Gasteiger partial charge in [-0.05, 0) is 64.7 Å². The Kier molecular flexibility index (Phi) is 4.25. The first-order chi connectivity index (χ1) is 12.3. The zero-order valence-electron chi connectivity index (χ0n) is 15.9. The SMILES string of the molecule is Cc1cc(CS(=O)(=O)c2nc(C)c(C)n2C(C)C2CC3CCC2C3)no1. The van der Waals surface area contributed by atoms with Crippen LogP contribution < -0.4 is 0 Å². The Morgan fingerprint density at radius 1 is 1.27 bits per heavy atom. The molecule has 4 atom stereocenters. The van der Waals surface area contributed by atoms with Crippen molar-refractivity contribution in [2.24, 2.45) is 17.8 Å². The molecule has 0 spiro atoms. The monoisotopic (exact) mass is 377 g/mol.